The lowest BCUT2D eigenvalue weighted by Crippen LogP contribution is -2.36. The maximum absolute atomic E-state index is 6.12. The summed E-state index contributed by atoms with van der Waals surface area (Å²) in [6, 6.07) is 0. The van der Waals surface area contributed by atoms with E-state index >= 15 is 0 Å². The Labute approximate surface area is 120 Å². The topological polar surface area (TPSA) is 70.3 Å². The van der Waals surface area contributed by atoms with Crippen LogP contribution >= 0.6 is 0 Å². The normalized spacial score (nSPS) is 26.6. The van der Waals surface area contributed by atoms with Crippen LogP contribution in [0.3, 0.4) is 0 Å². The van der Waals surface area contributed by atoms with Crippen LogP contribution in [0.5, 0.6) is 11.8 Å². The van der Waals surface area contributed by atoms with E-state index in [1.807, 2.05) is 0 Å². The summed E-state index contributed by atoms with van der Waals surface area (Å²) < 4.78 is 11.2. The van der Waals surface area contributed by atoms with Crippen molar-refractivity contribution in [2.75, 3.05) is 12.8 Å². The van der Waals surface area contributed by atoms with E-state index in [-0.39, 0.29) is 6.10 Å². The van der Waals surface area contributed by atoms with E-state index in [9.17, 15) is 0 Å². The summed E-state index contributed by atoms with van der Waals surface area (Å²) in [6.45, 7) is 6.78. The van der Waals surface area contributed by atoms with Crippen LogP contribution in [0.4, 0.5) is 5.69 Å². The minimum Gasteiger partial charge on any atom is -0.479 e. The van der Waals surface area contributed by atoms with Gasteiger partial charge in [-0.25, -0.2) is 0 Å². The fourth-order valence-electron chi connectivity index (χ4n) is 3.01. The summed E-state index contributed by atoms with van der Waals surface area (Å²) in [5.41, 5.74) is 6.38. The van der Waals surface area contributed by atoms with Crippen LogP contribution in [0.2, 0.25) is 0 Å². The van der Waals surface area contributed by atoms with E-state index in [0.29, 0.717) is 35.2 Å². The molecule has 0 spiro atoms. The molecule has 1 aromatic heterocycles. The predicted octanol–water partition coefficient (Wildman–Crippen LogP) is 2.91. The number of nitrogens with zero attached hydrogens (tertiary/aromatic N) is 2. The highest BCUT2D eigenvalue weighted by atomic mass is 16.5. The molecule has 1 aromatic rings. The second-order valence-electron chi connectivity index (χ2n) is 6.08. The number of hydrogen-bond donors (Lipinski definition) is 1. The van der Waals surface area contributed by atoms with Gasteiger partial charge in [0.1, 0.15) is 12.4 Å². The Morgan fingerprint density at radius 1 is 1.25 bits per heavy atom. The van der Waals surface area contributed by atoms with Gasteiger partial charge in [0.25, 0.3) is 0 Å². The molecule has 2 rings (SSSR count). The quantitative estimate of drug-likeness (QED) is 0.917. The third kappa shape index (κ3) is 3.14. The first-order valence-corrected chi connectivity index (χ1v) is 7.34. The van der Waals surface area contributed by atoms with Crippen molar-refractivity contribution in [1.29, 1.82) is 0 Å². The highest BCUT2D eigenvalue weighted by Gasteiger charge is 2.33. The number of nitrogens with two attached hydrogens (primary N) is 1. The average Bonchev–Trinajstić information content (AvgIpc) is 2.41. The van der Waals surface area contributed by atoms with E-state index in [0.717, 1.165) is 6.42 Å². The zero-order chi connectivity index (χ0) is 14.7. The molecule has 3 unspecified atom stereocenters. The molecule has 20 heavy (non-hydrogen) atoms. The molecule has 0 radical (unpaired) electrons. The van der Waals surface area contributed by atoms with Crippen LogP contribution in [0, 0.1) is 17.8 Å². The summed E-state index contributed by atoms with van der Waals surface area (Å²) in [6.07, 6.45) is 5.12. The molecular formula is C15H25N3O2. The molecule has 0 aromatic carbocycles. The summed E-state index contributed by atoms with van der Waals surface area (Å²) in [4.78, 5) is 8.14. The molecule has 1 heterocycles. The summed E-state index contributed by atoms with van der Waals surface area (Å²) in [5.74, 6) is 2.64. The second-order valence-corrected chi connectivity index (χ2v) is 6.08. The van der Waals surface area contributed by atoms with Gasteiger partial charge in [-0.1, -0.05) is 27.2 Å². The van der Waals surface area contributed by atoms with E-state index < -0.39 is 0 Å². The number of hydrogen-bond acceptors (Lipinski definition) is 5. The van der Waals surface area contributed by atoms with Gasteiger partial charge in [0.05, 0.1) is 7.11 Å². The van der Waals surface area contributed by atoms with Gasteiger partial charge in [0, 0.05) is 0 Å². The van der Waals surface area contributed by atoms with Crippen molar-refractivity contribution in [2.45, 2.75) is 46.1 Å². The molecule has 0 aliphatic heterocycles. The van der Waals surface area contributed by atoms with Gasteiger partial charge in [-0.15, -0.1) is 0 Å². The molecule has 1 aliphatic carbocycles. The summed E-state index contributed by atoms with van der Waals surface area (Å²) >= 11 is 0. The highest BCUT2D eigenvalue weighted by Crippen LogP contribution is 2.37. The number of rotatable bonds is 4. The van der Waals surface area contributed by atoms with Gasteiger partial charge in [0.2, 0.25) is 11.8 Å². The monoisotopic (exact) mass is 279 g/mol. The predicted molar refractivity (Wildman–Crippen MR) is 78.8 cm³/mol. The number of methoxy groups -OCH3 is 1. The third-order valence-electron chi connectivity index (χ3n) is 4.23. The molecule has 112 valence electrons. The van der Waals surface area contributed by atoms with Crippen molar-refractivity contribution >= 4 is 5.69 Å². The van der Waals surface area contributed by atoms with Crippen LogP contribution < -0.4 is 15.2 Å². The molecule has 0 amide bonds. The number of anilines is 1. The first-order valence-electron chi connectivity index (χ1n) is 7.34. The Morgan fingerprint density at radius 3 is 2.60 bits per heavy atom. The van der Waals surface area contributed by atoms with Crippen molar-refractivity contribution in [3.05, 3.63) is 6.33 Å². The van der Waals surface area contributed by atoms with Crippen molar-refractivity contribution in [2.24, 2.45) is 17.8 Å². The zero-order valence-electron chi connectivity index (χ0n) is 12.8. The maximum atomic E-state index is 6.12. The molecular weight excluding hydrogens is 254 g/mol. The number of aromatic nitrogens is 2. The van der Waals surface area contributed by atoms with Crippen molar-refractivity contribution < 1.29 is 9.47 Å². The molecule has 2 N–H and O–H groups in total. The van der Waals surface area contributed by atoms with Gasteiger partial charge in [-0.3, -0.25) is 0 Å². The van der Waals surface area contributed by atoms with E-state index in [4.69, 9.17) is 15.2 Å². The third-order valence-corrected chi connectivity index (χ3v) is 4.23. The molecule has 1 aliphatic rings. The fourth-order valence-corrected chi connectivity index (χ4v) is 3.01. The van der Waals surface area contributed by atoms with E-state index in [1.165, 1.54) is 19.2 Å². The lowest BCUT2D eigenvalue weighted by molar-refractivity contribution is 0.0430. The van der Waals surface area contributed by atoms with Crippen molar-refractivity contribution in [3.8, 4) is 11.8 Å². The number of nitrogen functional groups attached to an aromatic ring is 1. The van der Waals surface area contributed by atoms with Crippen molar-refractivity contribution in [1.82, 2.24) is 9.97 Å². The molecule has 5 heteroatoms. The molecule has 0 saturated heterocycles. The van der Waals surface area contributed by atoms with Crippen LogP contribution in [-0.4, -0.2) is 23.2 Å². The van der Waals surface area contributed by atoms with Gasteiger partial charge in [-0.2, -0.15) is 9.97 Å². The number of ether oxygens (including phenoxy) is 2. The molecule has 0 bridgehead atoms. The Morgan fingerprint density at radius 2 is 1.95 bits per heavy atom. The highest BCUT2D eigenvalue weighted by molar-refractivity contribution is 5.55. The molecule has 3 atom stereocenters. The maximum Gasteiger partial charge on any atom is 0.244 e. The van der Waals surface area contributed by atoms with Crippen molar-refractivity contribution in [3.63, 3.8) is 0 Å². The second kappa shape index (κ2) is 6.29. The Bertz CT molecular complexity index is 451. The largest absolute Gasteiger partial charge is 0.479 e. The van der Waals surface area contributed by atoms with Crippen LogP contribution in [0.1, 0.15) is 40.0 Å². The molecule has 1 saturated carbocycles. The molecule has 5 nitrogen and oxygen atoms in total. The van der Waals surface area contributed by atoms with Crippen LogP contribution in [0.25, 0.3) is 0 Å². The SMILES string of the molecule is COc1ncnc(OC2CC(C)CCC2C(C)C)c1N. The Hall–Kier alpha value is -1.52. The minimum atomic E-state index is 0.167. The molecule has 1 fully saturated rings. The smallest absolute Gasteiger partial charge is 0.244 e. The zero-order valence-corrected chi connectivity index (χ0v) is 12.8. The van der Waals surface area contributed by atoms with E-state index in [2.05, 4.69) is 30.7 Å². The summed E-state index contributed by atoms with van der Waals surface area (Å²) in [5, 5.41) is 0. The van der Waals surface area contributed by atoms with Crippen LogP contribution in [0.15, 0.2) is 6.33 Å². The van der Waals surface area contributed by atoms with E-state index in [1.54, 1.807) is 7.11 Å². The standard InChI is InChI=1S/C15H25N3O2/c1-9(2)11-6-5-10(3)7-12(11)20-15-13(16)14(19-4)17-8-18-15/h8-12H,5-7,16H2,1-4H3. The fraction of sp³-hybridized carbons (Fsp3) is 0.733. The first kappa shape index (κ1) is 14.9. The lowest BCUT2D eigenvalue weighted by Gasteiger charge is -2.37. The van der Waals surface area contributed by atoms with Gasteiger partial charge >= 0.3 is 0 Å². The van der Waals surface area contributed by atoms with Gasteiger partial charge in [-0.05, 0) is 30.6 Å². The lowest BCUT2D eigenvalue weighted by atomic mass is 9.75. The first-order chi connectivity index (χ1) is 9.52. The van der Waals surface area contributed by atoms with Gasteiger partial charge < -0.3 is 15.2 Å². The Kier molecular flexibility index (Phi) is 4.68. The Balaban J connectivity index is 2.18. The average molecular weight is 279 g/mol. The minimum absolute atomic E-state index is 0.167. The summed E-state index contributed by atoms with van der Waals surface area (Å²) in [7, 11) is 1.54. The van der Waals surface area contributed by atoms with Crippen LogP contribution in [-0.2, 0) is 0 Å². The van der Waals surface area contributed by atoms with Gasteiger partial charge in [0.15, 0.2) is 5.69 Å².